The highest BCUT2D eigenvalue weighted by molar-refractivity contribution is 9.10. The number of nitrogens with two attached hydrogens (primary N) is 1. The molecule has 0 unspecified atom stereocenters. The summed E-state index contributed by atoms with van der Waals surface area (Å²) in [5, 5.41) is 4.87. The highest BCUT2D eigenvalue weighted by Gasteiger charge is 2.29. The van der Waals surface area contributed by atoms with Crippen LogP contribution in [-0.2, 0) is 14.8 Å². The molecule has 1 aromatic carbocycles. The molecule has 0 aliphatic heterocycles. The van der Waals surface area contributed by atoms with Crippen LogP contribution in [0.4, 0.5) is 8.78 Å². The Morgan fingerprint density at radius 2 is 2.05 bits per heavy atom. The van der Waals surface area contributed by atoms with E-state index in [1.54, 1.807) is 0 Å². The summed E-state index contributed by atoms with van der Waals surface area (Å²) >= 11 is 2.71. The van der Waals surface area contributed by atoms with E-state index in [2.05, 4.69) is 15.9 Å². The lowest BCUT2D eigenvalue weighted by molar-refractivity contribution is 0.0734. The first-order valence-electron chi connectivity index (χ1n) is 5.56. The van der Waals surface area contributed by atoms with Gasteiger partial charge in [0.05, 0.1) is 6.61 Å². The molecule has 21 heavy (non-hydrogen) atoms. The van der Waals surface area contributed by atoms with Gasteiger partial charge in [-0.15, -0.1) is 0 Å². The number of sulfonamides is 1. The molecular weight excluding hydrogens is 374 g/mol. The van der Waals surface area contributed by atoms with Crippen molar-refractivity contribution in [3.05, 3.63) is 27.7 Å². The summed E-state index contributed by atoms with van der Waals surface area (Å²) in [6.07, 6.45) is 0. The number of amides is 1. The molecule has 2 N–H and O–H groups in total. The number of hydrogen-bond acceptors (Lipinski definition) is 4. The zero-order valence-electron chi connectivity index (χ0n) is 11.2. The van der Waals surface area contributed by atoms with Gasteiger partial charge >= 0.3 is 0 Å². The Balaban J connectivity index is 3.41. The highest BCUT2D eigenvalue weighted by atomic mass is 79.9. The van der Waals surface area contributed by atoms with Gasteiger partial charge in [0.25, 0.3) is 5.91 Å². The lowest BCUT2D eigenvalue weighted by Crippen LogP contribution is -2.32. The minimum absolute atomic E-state index is 0.0784. The zero-order valence-corrected chi connectivity index (χ0v) is 13.6. The van der Waals surface area contributed by atoms with Crippen LogP contribution in [0.2, 0.25) is 0 Å². The average Bonchev–Trinajstić information content (AvgIpc) is 2.32. The van der Waals surface area contributed by atoms with Crippen LogP contribution in [0.5, 0.6) is 0 Å². The number of carbonyl (C=O) groups is 1. The van der Waals surface area contributed by atoms with Crippen molar-refractivity contribution in [2.75, 3.05) is 27.3 Å². The molecule has 10 heteroatoms. The molecular formula is C11H13BrF2N2O4S. The summed E-state index contributed by atoms with van der Waals surface area (Å²) in [4.78, 5) is 12.1. The molecule has 1 rings (SSSR count). The smallest absolute Gasteiger partial charge is 0.259 e. The number of halogens is 3. The summed E-state index contributed by atoms with van der Waals surface area (Å²) in [6.45, 7) is 0.235. The van der Waals surface area contributed by atoms with E-state index >= 15 is 0 Å². The predicted octanol–water partition coefficient (Wildman–Crippen LogP) is 1.09. The maximum absolute atomic E-state index is 14.2. The molecule has 1 aromatic rings. The van der Waals surface area contributed by atoms with Gasteiger partial charge in [-0.1, -0.05) is 0 Å². The lowest BCUT2D eigenvalue weighted by atomic mass is 10.1. The van der Waals surface area contributed by atoms with Gasteiger partial charge in [0.15, 0.2) is 5.82 Å². The predicted molar refractivity (Wildman–Crippen MR) is 74.3 cm³/mol. The first-order chi connectivity index (χ1) is 9.61. The van der Waals surface area contributed by atoms with Gasteiger partial charge in [-0.25, -0.2) is 22.3 Å². The van der Waals surface area contributed by atoms with Gasteiger partial charge in [-0.05, 0) is 22.0 Å². The molecule has 118 valence electrons. The van der Waals surface area contributed by atoms with Crippen molar-refractivity contribution in [3.63, 3.8) is 0 Å². The van der Waals surface area contributed by atoms with E-state index in [0.29, 0.717) is 6.07 Å². The second-order valence-electron chi connectivity index (χ2n) is 4.12. The van der Waals surface area contributed by atoms with Gasteiger partial charge < -0.3 is 9.64 Å². The van der Waals surface area contributed by atoms with Crippen molar-refractivity contribution in [1.29, 1.82) is 0 Å². The van der Waals surface area contributed by atoms with E-state index in [1.807, 2.05) is 0 Å². The van der Waals surface area contributed by atoms with E-state index in [1.165, 1.54) is 14.2 Å². The number of benzene rings is 1. The van der Waals surface area contributed by atoms with Gasteiger partial charge in [0.2, 0.25) is 10.0 Å². The van der Waals surface area contributed by atoms with Crippen LogP contribution in [-0.4, -0.2) is 46.5 Å². The molecule has 0 aromatic heterocycles. The van der Waals surface area contributed by atoms with Gasteiger partial charge in [-0.3, -0.25) is 4.79 Å². The number of carbonyl (C=O) groups excluding carboxylic acids is 1. The molecule has 0 spiro atoms. The Morgan fingerprint density at radius 1 is 1.48 bits per heavy atom. The van der Waals surface area contributed by atoms with Gasteiger partial charge in [0.1, 0.15) is 16.3 Å². The van der Waals surface area contributed by atoms with Crippen LogP contribution >= 0.6 is 15.9 Å². The Labute approximate surface area is 129 Å². The first-order valence-corrected chi connectivity index (χ1v) is 7.89. The normalized spacial score (nSPS) is 11.5. The number of hydrogen-bond donors (Lipinski definition) is 1. The number of methoxy groups -OCH3 is 1. The Bertz CT molecular complexity index is 667. The Kier molecular flexibility index (Phi) is 5.79. The summed E-state index contributed by atoms with van der Waals surface area (Å²) < 4.78 is 55.1. The zero-order chi connectivity index (χ0) is 16.4. The number of rotatable bonds is 5. The minimum atomic E-state index is -4.46. The lowest BCUT2D eigenvalue weighted by Gasteiger charge is -2.18. The van der Waals surface area contributed by atoms with Crippen LogP contribution < -0.4 is 5.14 Å². The molecule has 0 fully saturated rings. The second-order valence-corrected chi connectivity index (χ2v) is 6.48. The Hall–Kier alpha value is -1.10. The minimum Gasteiger partial charge on any atom is -0.383 e. The average molecular weight is 387 g/mol. The largest absolute Gasteiger partial charge is 0.383 e. The topological polar surface area (TPSA) is 89.7 Å². The monoisotopic (exact) mass is 386 g/mol. The first kappa shape index (κ1) is 18.0. The fraction of sp³-hybridized carbons (Fsp3) is 0.364. The fourth-order valence-corrected chi connectivity index (χ4v) is 3.28. The number of ether oxygens (including phenoxy) is 1. The maximum atomic E-state index is 14.2. The summed E-state index contributed by atoms with van der Waals surface area (Å²) in [5.74, 6) is -3.74. The van der Waals surface area contributed by atoms with Gasteiger partial charge in [-0.2, -0.15) is 0 Å². The molecule has 0 saturated carbocycles. The molecule has 0 aliphatic carbocycles. The van der Waals surface area contributed by atoms with Crippen LogP contribution in [0, 0.1) is 11.6 Å². The van der Waals surface area contributed by atoms with Crippen LogP contribution in [0.25, 0.3) is 0 Å². The fourth-order valence-electron chi connectivity index (χ4n) is 1.55. The second kappa shape index (κ2) is 6.77. The highest BCUT2D eigenvalue weighted by Crippen LogP contribution is 2.29. The summed E-state index contributed by atoms with van der Waals surface area (Å²) in [6, 6.07) is 0.681. The van der Waals surface area contributed by atoms with Crippen molar-refractivity contribution in [3.8, 4) is 0 Å². The van der Waals surface area contributed by atoms with Crippen molar-refractivity contribution in [1.82, 2.24) is 4.90 Å². The molecule has 0 atom stereocenters. The van der Waals surface area contributed by atoms with Gasteiger partial charge in [0, 0.05) is 25.2 Å². The van der Waals surface area contributed by atoms with E-state index in [4.69, 9.17) is 9.88 Å². The van der Waals surface area contributed by atoms with Crippen molar-refractivity contribution < 1.29 is 26.7 Å². The Morgan fingerprint density at radius 3 is 2.52 bits per heavy atom. The molecule has 0 aliphatic rings. The number of nitrogens with zero attached hydrogens (tertiary/aromatic N) is 1. The van der Waals surface area contributed by atoms with Crippen molar-refractivity contribution in [2.24, 2.45) is 5.14 Å². The number of primary sulfonamides is 1. The van der Waals surface area contributed by atoms with E-state index in [-0.39, 0.29) is 13.2 Å². The maximum Gasteiger partial charge on any atom is 0.259 e. The third kappa shape index (κ3) is 3.96. The molecule has 1 amide bonds. The van der Waals surface area contributed by atoms with Crippen molar-refractivity contribution >= 4 is 31.9 Å². The van der Waals surface area contributed by atoms with Crippen LogP contribution in [0.1, 0.15) is 10.4 Å². The van der Waals surface area contributed by atoms with Crippen molar-refractivity contribution in [2.45, 2.75) is 4.90 Å². The molecule has 0 radical (unpaired) electrons. The third-order valence-electron chi connectivity index (χ3n) is 2.60. The standard InChI is InChI=1S/C11H13BrF2N2O4S/c1-16(3-4-20-2)11(17)8-7(13)5-6(12)10(9(8)14)21(15,18)19/h5H,3-4H2,1-2H3,(H2,15,18,19). The van der Waals surface area contributed by atoms with Crippen LogP contribution in [0.3, 0.4) is 0 Å². The van der Waals surface area contributed by atoms with Crippen LogP contribution in [0.15, 0.2) is 15.4 Å². The van der Waals surface area contributed by atoms with E-state index in [9.17, 15) is 22.0 Å². The van der Waals surface area contributed by atoms with E-state index in [0.717, 1.165) is 4.90 Å². The number of likely N-dealkylation sites (N-methyl/N-ethyl adjacent to an activating group) is 1. The molecule has 0 bridgehead atoms. The van der Waals surface area contributed by atoms with E-state index < -0.39 is 42.5 Å². The quantitative estimate of drug-likeness (QED) is 0.819. The molecule has 0 saturated heterocycles. The molecule has 6 nitrogen and oxygen atoms in total. The third-order valence-corrected chi connectivity index (χ3v) is 4.46. The summed E-state index contributed by atoms with van der Waals surface area (Å²) in [7, 11) is -1.76. The SMILES string of the molecule is COCCN(C)C(=O)c1c(F)cc(Br)c(S(N)(=O)=O)c1F. The molecule has 0 heterocycles. The summed E-state index contributed by atoms with van der Waals surface area (Å²) in [5.41, 5.74) is -0.985.